The number of carbonyl (C=O) groups is 1. The second-order valence-corrected chi connectivity index (χ2v) is 5.82. The molecule has 3 atom stereocenters. The summed E-state index contributed by atoms with van der Waals surface area (Å²) in [5, 5.41) is 0. The molecular weight excluding hydrogens is 273 g/mol. The maximum atomic E-state index is 13.7. The van der Waals surface area contributed by atoms with Crippen LogP contribution in [0.15, 0.2) is 24.3 Å². The summed E-state index contributed by atoms with van der Waals surface area (Å²) in [6.07, 6.45) is 1.95. The molecule has 1 aliphatic heterocycles. The van der Waals surface area contributed by atoms with Crippen LogP contribution in [-0.2, 0) is 9.53 Å². The molecule has 4 nitrogen and oxygen atoms in total. The number of para-hydroxylation sites is 1. The minimum absolute atomic E-state index is 0.00718. The molecule has 1 saturated heterocycles. The minimum atomic E-state index is -0.328. The predicted molar refractivity (Wildman–Crippen MR) is 75.5 cm³/mol. The lowest BCUT2D eigenvalue weighted by atomic mass is 9.99. The summed E-state index contributed by atoms with van der Waals surface area (Å²) in [4.78, 5) is 13.7. The highest BCUT2D eigenvalue weighted by molar-refractivity contribution is 5.77. The van der Waals surface area contributed by atoms with Gasteiger partial charge in [0.2, 0.25) is 5.91 Å². The quantitative estimate of drug-likeness (QED) is 0.853. The van der Waals surface area contributed by atoms with E-state index in [1.54, 1.807) is 18.2 Å². The number of benzene rings is 1. The van der Waals surface area contributed by atoms with Gasteiger partial charge in [0, 0.05) is 26.1 Å². The SMILES string of the molecule is COCC(=O)N1C[C@@H]2CC[C@H](Oc3ccccc3F)[C@@H]2C1. The van der Waals surface area contributed by atoms with Crippen LogP contribution in [0.2, 0.25) is 0 Å². The third-order valence-corrected chi connectivity index (χ3v) is 4.53. The van der Waals surface area contributed by atoms with Gasteiger partial charge in [-0.1, -0.05) is 12.1 Å². The van der Waals surface area contributed by atoms with E-state index in [1.807, 2.05) is 4.90 Å². The summed E-state index contributed by atoms with van der Waals surface area (Å²) in [5.41, 5.74) is 0. The van der Waals surface area contributed by atoms with Crippen molar-refractivity contribution in [3.63, 3.8) is 0 Å². The fourth-order valence-corrected chi connectivity index (χ4v) is 3.48. The number of methoxy groups -OCH3 is 1. The lowest BCUT2D eigenvalue weighted by molar-refractivity contribution is -0.134. The number of amides is 1. The van der Waals surface area contributed by atoms with Gasteiger partial charge in [0.15, 0.2) is 11.6 Å². The summed E-state index contributed by atoms with van der Waals surface area (Å²) in [5.74, 6) is 0.764. The predicted octanol–water partition coefficient (Wildman–Crippen LogP) is 2.09. The molecular formula is C16H20FNO3. The molecule has 3 rings (SSSR count). The summed E-state index contributed by atoms with van der Waals surface area (Å²) in [6.45, 7) is 1.58. The maximum Gasteiger partial charge on any atom is 0.248 e. The first-order chi connectivity index (χ1) is 10.2. The number of rotatable bonds is 4. The van der Waals surface area contributed by atoms with Gasteiger partial charge in [0.05, 0.1) is 0 Å². The number of ether oxygens (including phenoxy) is 2. The number of nitrogens with zero attached hydrogens (tertiary/aromatic N) is 1. The van der Waals surface area contributed by atoms with Gasteiger partial charge in [0.1, 0.15) is 12.7 Å². The monoisotopic (exact) mass is 293 g/mol. The largest absolute Gasteiger partial charge is 0.487 e. The minimum Gasteiger partial charge on any atom is -0.487 e. The average Bonchev–Trinajstić information content (AvgIpc) is 3.03. The summed E-state index contributed by atoms with van der Waals surface area (Å²) in [6, 6.07) is 6.49. The van der Waals surface area contributed by atoms with Crippen molar-refractivity contribution < 1.29 is 18.7 Å². The van der Waals surface area contributed by atoms with Crippen LogP contribution < -0.4 is 4.74 Å². The molecule has 2 fully saturated rings. The van der Waals surface area contributed by atoms with E-state index in [2.05, 4.69) is 0 Å². The zero-order chi connectivity index (χ0) is 14.8. The van der Waals surface area contributed by atoms with Crippen LogP contribution in [0.4, 0.5) is 4.39 Å². The van der Waals surface area contributed by atoms with Crippen molar-refractivity contribution in [3.05, 3.63) is 30.1 Å². The van der Waals surface area contributed by atoms with Crippen LogP contribution in [0.3, 0.4) is 0 Å². The molecule has 0 bridgehead atoms. The van der Waals surface area contributed by atoms with Gasteiger partial charge in [0.25, 0.3) is 0 Å². The molecule has 1 amide bonds. The fraction of sp³-hybridized carbons (Fsp3) is 0.562. The lowest BCUT2D eigenvalue weighted by Crippen LogP contribution is -2.34. The van der Waals surface area contributed by atoms with E-state index in [0.29, 0.717) is 24.1 Å². The van der Waals surface area contributed by atoms with Gasteiger partial charge < -0.3 is 14.4 Å². The van der Waals surface area contributed by atoms with E-state index in [4.69, 9.17) is 9.47 Å². The van der Waals surface area contributed by atoms with E-state index in [1.165, 1.54) is 13.2 Å². The van der Waals surface area contributed by atoms with E-state index >= 15 is 0 Å². The molecule has 2 aliphatic rings. The molecule has 0 aromatic heterocycles. The van der Waals surface area contributed by atoms with Gasteiger partial charge in [-0.05, 0) is 30.9 Å². The molecule has 0 radical (unpaired) electrons. The molecule has 1 aromatic carbocycles. The highest BCUT2D eigenvalue weighted by atomic mass is 19.1. The normalized spacial score (nSPS) is 27.7. The number of likely N-dealkylation sites (tertiary alicyclic amines) is 1. The Hall–Kier alpha value is -1.62. The van der Waals surface area contributed by atoms with Crippen LogP contribution in [0.5, 0.6) is 5.75 Å². The van der Waals surface area contributed by atoms with Gasteiger partial charge in [-0.3, -0.25) is 4.79 Å². The highest BCUT2D eigenvalue weighted by Gasteiger charge is 2.45. The number of fused-ring (bicyclic) bond motifs is 1. The third-order valence-electron chi connectivity index (χ3n) is 4.53. The smallest absolute Gasteiger partial charge is 0.248 e. The third kappa shape index (κ3) is 2.88. The second kappa shape index (κ2) is 6.02. The first-order valence-corrected chi connectivity index (χ1v) is 7.37. The van der Waals surface area contributed by atoms with Gasteiger partial charge in [-0.25, -0.2) is 4.39 Å². The van der Waals surface area contributed by atoms with Crippen molar-refractivity contribution in [2.75, 3.05) is 26.8 Å². The maximum absolute atomic E-state index is 13.7. The van der Waals surface area contributed by atoms with Gasteiger partial charge in [-0.15, -0.1) is 0 Å². The van der Waals surface area contributed by atoms with Crippen molar-refractivity contribution >= 4 is 5.91 Å². The van der Waals surface area contributed by atoms with Crippen molar-refractivity contribution in [1.82, 2.24) is 4.90 Å². The zero-order valence-electron chi connectivity index (χ0n) is 12.1. The Morgan fingerprint density at radius 1 is 1.33 bits per heavy atom. The Morgan fingerprint density at radius 2 is 2.14 bits per heavy atom. The first-order valence-electron chi connectivity index (χ1n) is 7.37. The van der Waals surface area contributed by atoms with Crippen LogP contribution in [0, 0.1) is 17.7 Å². The molecule has 0 spiro atoms. The van der Waals surface area contributed by atoms with E-state index in [9.17, 15) is 9.18 Å². The molecule has 0 N–H and O–H groups in total. The Kier molecular flexibility index (Phi) is 4.10. The van der Waals surface area contributed by atoms with Crippen molar-refractivity contribution in [2.24, 2.45) is 11.8 Å². The Labute approximate surface area is 123 Å². The van der Waals surface area contributed by atoms with Gasteiger partial charge >= 0.3 is 0 Å². The van der Waals surface area contributed by atoms with Crippen LogP contribution in [0.25, 0.3) is 0 Å². The topological polar surface area (TPSA) is 38.8 Å². The standard InChI is InChI=1S/C16H20FNO3/c1-20-10-16(19)18-8-11-6-7-14(12(11)9-18)21-15-5-3-2-4-13(15)17/h2-5,11-12,14H,6-10H2,1H3/t11-,12+,14-/m0/s1. The van der Waals surface area contributed by atoms with Crippen molar-refractivity contribution in [1.29, 1.82) is 0 Å². The van der Waals surface area contributed by atoms with Crippen molar-refractivity contribution in [2.45, 2.75) is 18.9 Å². The number of carbonyl (C=O) groups excluding carboxylic acids is 1. The molecule has 5 heteroatoms. The average molecular weight is 293 g/mol. The second-order valence-electron chi connectivity index (χ2n) is 5.82. The molecule has 1 heterocycles. The van der Waals surface area contributed by atoms with E-state index in [-0.39, 0.29) is 24.4 Å². The highest BCUT2D eigenvalue weighted by Crippen LogP contribution is 2.40. The van der Waals surface area contributed by atoms with Crippen LogP contribution in [-0.4, -0.2) is 43.7 Å². The number of halogens is 1. The molecule has 114 valence electrons. The Morgan fingerprint density at radius 3 is 2.90 bits per heavy atom. The summed E-state index contributed by atoms with van der Waals surface area (Å²) in [7, 11) is 1.53. The lowest BCUT2D eigenvalue weighted by Gasteiger charge is -2.22. The zero-order valence-corrected chi connectivity index (χ0v) is 12.1. The van der Waals surface area contributed by atoms with E-state index in [0.717, 1.165) is 19.4 Å². The van der Waals surface area contributed by atoms with Crippen molar-refractivity contribution in [3.8, 4) is 5.75 Å². The fourth-order valence-electron chi connectivity index (χ4n) is 3.48. The van der Waals surface area contributed by atoms with E-state index < -0.39 is 0 Å². The molecule has 0 unspecified atom stereocenters. The Balaban J connectivity index is 1.65. The van der Waals surface area contributed by atoms with Crippen LogP contribution >= 0.6 is 0 Å². The molecule has 1 aliphatic carbocycles. The van der Waals surface area contributed by atoms with Crippen LogP contribution in [0.1, 0.15) is 12.8 Å². The van der Waals surface area contributed by atoms with Gasteiger partial charge in [-0.2, -0.15) is 0 Å². The summed E-state index contributed by atoms with van der Waals surface area (Å²) >= 11 is 0. The summed E-state index contributed by atoms with van der Waals surface area (Å²) < 4.78 is 24.5. The molecule has 21 heavy (non-hydrogen) atoms. The first kappa shape index (κ1) is 14.3. The molecule has 1 saturated carbocycles. The number of hydrogen-bond donors (Lipinski definition) is 0. The Bertz CT molecular complexity index is 522. The molecule has 1 aromatic rings. The number of hydrogen-bond acceptors (Lipinski definition) is 3.